The molecule has 0 aromatic rings. The Bertz CT molecular complexity index is 141. The molecule has 0 bridgehead atoms. The first-order chi connectivity index (χ1) is 6.20. The van der Waals surface area contributed by atoms with E-state index in [1.54, 1.807) is 7.11 Å². The van der Waals surface area contributed by atoms with Crippen LogP contribution in [0.2, 0.25) is 0 Å². The highest BCUT2D eigenvalue weighted by Crippen LogP contribution is 1.90. The molecule has 0 aliphatic rings. The van der Waals surface area contributed by atoms with Crippen LogP contribution >= 0.6 is 0 Å². The second kappa shape index (κ2) is 7.97. The Kier molecular flexibility index (Phi) is 7.57. The first-order valence-electron chi connectivity index (χ1n) is 4.40. The fraction of sp³-hybridized carbons (Fsp3) is 0.875. The summed E-state index contributed by atoms with van der Waals surface area (Å²) in [6.45, 7) is 3.47. The maximum Gasteiger partial charge on any atom is 0.218 e. The fourth-order valence-corrected chi connectivity index (χ4v) is 1.01. The predicted molar refractivity (Wildman–Crippen MR) is 51.2 cm³/mol. The fourth-order valence-electron chi connectivity index (χ4n) is 1.01. The predicted octanol–water partition coefficient (Wildman–Crippen LogP) is -1.23. The minimum atomic E-state index is -0.278. The summed E-state index contributed by atoms with van der Waals surface area (Å²) in [6.07, 6.45) is 0.379. The number of nitrogens with zero attached hydrogens (tertiary/aromatic N) is 1. The number of hydrogen-bond donors (Lipinski definition) is 2. The van der Waals surface area contributed by atoms with Gasteiger partial charge in [0.25, 0.3) is 0 Å². The molecule has 0 atom stereocenters. The van der Waals surface area contributed by atoms with Gasteiger partial charge < -0.3 is 16.2 Å². The van der Waals surface area contributed by atoms with Crippen molar-refractivity contribution in [3.63, 3.8) is 0 Å². The summed E-state index contributed by atoms with van der Waals surface area (Å²) in [6, 6.07) is 0. The van der Waals surface area contributed by atoms with Crippen LogP contribution in [0.15, 0.2) is 0 Å². The van der Waals surface area contributed by atoms with Gasteiger partial charge in [-0.25, -0.2) is 0 Å². The van der Waals surface area contributed by atoms with Gasteiger partial charge in [-0.05, 0) is 0 Å². The molecule has 0 saturated heterocycles. The molecule has 13 heavy (non-hydrogen) atoms. The van der Waals surface area contributed by atoms with Gasteiger partial charge in [-0.2, -0.15) is 0 Å². The number of methoxy groups -OCH3 is 1. The van der Waals surface area contributed by atoms with Crippen LogP contribution in [-0.4, -0.2) is 50.7 Å². The Hall–Kier alpha value is -0.650. The Morgan fingerprint density at radius 3 is 2.54 bits per heavy atom. The van der Waals surface area contributed by atoms with Crippen molar-refractivity contribution in [3.05, 3.63) is 0 Å². The number of amides is 1. The van der Waals surface area contributed by atoms with E-state index in [-0.39, 0.29) is 5.91 Å². The molecule has 0 unspecified atom stereocenters. The van der Waals surface area contributed by atoms with Crippen molar-refractivity contribution in [1.29, 1.82) is 0 Å². The van der Waals surface area contributed by atoms with Crippen LogP contribution in [0, 0.1) is 0 Å². The maximum absolute atomic E-state index is 10.5. The van der Waals surface area contributed by atoms with E-state index >= 15 is 0 Å². The highest BCUT2D eigenvalue weighted by atomic mass is 16.5. The van der Waals surface area contributed by atoms with Gasteiger partial charge in [-0.1, -0.05) is 0 Å². The molecule has 0 aromatic carbocycles. The van der Waals surface area contributed by atoms with Crippen LogP contribution in [0.1, 0.15) is 6.42 Å². The minimum absolute atomic E-state index is 0.278. The number of nitrogens with two attached hydrogens (primary N) is 2. The SMILES string of the molecule is COCCN(CCN)CCC(N)=O. The molecule has 0 radical (unpaired) electrons. The van der Waals surface area contributed by atoms with E-state index in [9.17, 15) is 4.79 Å². The second-order valence-corrected chi connectivity index (χ2v) is 2.84. The zero-order chi connectivity index (χ0) is 10.1. The van der Waals surface area contributed by atoms with Crippen molar-refractivity contribution in [3.8, 4) is 0 Å². The van der Waals surface area contributed by atoms with Gasteiger partial charge in [0.1, 0.15) is 0 Å². The normalized spacial score (nSPS) is 10.7. The van der Waals surface area contributed by atoms with E-state index in [0.717, 1.165) is 13.1 Å². The molecule has 0 fully saturated rings. The third kappa shape index (κ3) is 7.70. The van der Waals surface area contributed by atoms with Crippen molar-refractivity contribution in [2.45, 2.75) is 6.42 Å². The van der Waals surface area contributed by atoms with Crippen LogP contribution in [0.5, 0.6) is 0 Å². The lowest BCUT2D eigenvalue weighted by Gasteiger charge is -2.19. The number of ether oxygens (including phenoxy) is 1. The van der Waals surface area contributed by atoms with E-state index in [1.807, 2.05) is 0 Å². The monoisotopic (exact) mass is 189 g/mol. The highest BCUT2D eigenvalue weighted by molar-refractivity contribution is 5.73. The Morgan fingerprint density at radius 2 is 2.08 bits per heavy atom. The lowest BCUT2D eigenvalue weighted by atomic mass is 10.3. The summed E-state index contributed by atoms with van der Waals surface area (Å²) >= 11 is 0. The first-order valence-corrected chi connectivity index (χ1v) is 4.40. The summed E-state index contributed by atoms with van der Waals surface area (Å²) < 4.78 is 4.93. The zero-order valence-corrected chi connectivity index (χ0v) is 8.16. The number of hydrogen-bond acceptors (Lipinski definition) is 4. The molecule has 1 amide bonds. The molecule has 0 rings (SSSR count). The molecule has 78 valence electrons. The molecule has 0 aliphatic carbocycles. The molecular weight excluding hydrogens is 170 g/mol. The van der Waals surface area contributed by atoms with Crippen LogP contribution in [0.3, 0.4) is 0 Å². The van der Waals surface area contributed by atoms with Gasteiger partial charge in [-0.3, -0.25) is 9.69 Å². The molecular formula is C8H19N3O2. The van der Waals surface area contributed by atoms with Crippen molar-refractivity contribution < 1.29 is 9.53 Å². The summed E-state index contributed by atoms with van der Waals surface area (Å²) in [4.78, 5) is 12.6. The van der Waals surface area contributed by atoms with E-state index in [0.29, 0.717) is 26.1 Å². The Labute approximate surface area is 79.0 Å². The zero-order valence-electron chi connectivity index (χ0n) is 8.16. The van der Waals surface area contributed by atoms with Gasteiger partial charge in [0.05, 0.1) is 6.61 Å². The van der Waals surface area contributed by atoms with E-state index < -0.39 is 0 Å². The van der Waals surface area contributed by atoms with Crippen LogP contribution in [0.25, 0.3) is 0 Å². The molecule has 5 nitrogen and oxygen atoms in total. The Morgan fingerprint density at radius 1 is 1.38 bits per heavy atom. The lowest BCUT2D eigenvalue weighted by Crippen LogP contribution is -2.35. The number of primary amides is 1. The summed E-state index contributed by atoms with van der Waals surface area (Å²) in [5.41, 5.74) is 10.4. The van der Waals surface area contributed by atoms with Gasteiger partial charge in [-0.15, -0.1) is 0 Å². The average molecular weight is 189 g/mol. The van der Waals surface area contributed by atoms with Crippen molar-refractivity contribution in [2.24, 2.45) is 11.5 Å². The topological polar surface area (TPSA) is 81.6 Å². The van der Waals surface area contributed by atoms with Crippen LogP contribution < -0.4 is 11.5 Å². The van der Waals surface area contributed by atoms with Crippen molar-refractivity contribution in [2.75, 3.05) is 39.9 Å². The quantitative estimate of drug-likeness (QED) is 0.501. The van der Waals surface area contributed by atoms with Gasteiger partial charge in [0.2, 0.25) is 5.91 Å². The largest absolute Gasteiger partial charge is 0.383 e. The third-order valence-electron chi connectivity index (χ3n) is 1.73. The van der Waals surface area contributed by atoms with Crippen molar-refractivity contribution >= 4 is 5.91 Å². The van der Waals surface area contributed by atoms with Gasteiger partial charge >= 0.3 is 0 Å². The molecule has 0 aromatic heterocycles. The smallest absolute Gasteiger partial charge is 0.218 e. The number of carbonyl (C=O) groups is 1. The summed E-state index contributed by atoms with van der Waals surface area (Å²) in [5.74, 6) is -0.278. The van der Waals surface area contributed by atoms with Crippen molar-refractivity contribution in [1.82, 2.24) is 4.90 Å². The van der Waals surface area contributed by atoms with E-state index in [2.05, 4.69) is 4.90 Å². The van der Waals surface area contributed by atoms with Crippen LogP contribution in [0.4, 0.5) is 0 Å². The minimum Gasteiger partial charge on any atom is -0.383 e. The molecule has 0 saturated carbocycles. The average Bonchev–Trinajstić information content (AvgIpc) is 2.09. The molecule has 4 N–H and O–H groups in total. The molecule has 0 spiro atoms. The van der Waals surface area contributed by atoms with E-state index in [1.165, 1.54) is 0 Å². The maximum atomic E-state index is 10.5. The number of carbonyl (C=O) groups excluding carboxylic acids is 1. The van der Waals surface area contributed by atoms with Gasteiger partial charge in [0.15, 0.2) is 0 Å². The summed E-state index contributed by atoms with van der Waals surface area (Å²) in [5, 5.41) is 0. The molecule has 5 heteroatoms. The lowest BCUT2D eigenvalue weighted by molar-refractivity contribution is -0.118. The Balaban J connectivity index is 3.59. The molecule has 0 aliphatic heterocycles. The third-order valence-corrected chi connectivity index (χ3v) is 1.73. The summed E-state index contributed by atoms with van der Waals surface area (Å²) in [7, 11) is 1.65. The van der Waals surface area contributed by atoms with Gasteiger partial charge in [0, 0.05) is 39.7 Å². The highest BCUT2D eigenvalue weighted by Gasteiger charge is 2.04. The standard InChI is InChI=1S/C8H19N3O2/c1-13-7-6-11(5-3-9)4-2-8(10)12/h2-7,9H2,1H3,(H2,10,12). The van der Waals surface area contributed by atoms with E-state index in [4.69, 9.17) is 16.2 Å². The molecule has 0 heterocycles. The van der Waals surface area contributed by atoms with Crippen LogP contribution in [-0.2, 0) is 9.53 Å². The first kappa shape index (κ1) is 12.3. The second-order valence-electron chi connectivity index (χ2n) is 2.84. The number of rotatable bonds is 8.